The Morgan fingerprint density at radius 3 is 2.70 bits per heavy atom. The molecule has 0 saturated heterocycles. The molecule has 0 aliphatic carbocycles. The van der Waals surface area contributed by atoms with Crippen LogP contribution in [0.4, 0.5) is 0 Å². The Labute approximate surface area is 62.6 Å². The van der Waals surface area contributed by atoms with Crippen LogP contribution in [0.3, 0.4) is 0 Å². The Balaban J connectivity index is 3.49. The zero-order chi connectivity index (χ0) is 7.98. The highest BCUT2D eigenvalue weighted by Crippen LogP contribution is 2.05. The first-order chi connectivity index (χ1) is 4.72. The molecule has 0 aromatic heterocycles. The topological polar surface area (TPSA) is 26.3 Å². The molecule has 0 N–H and O–H groups in total. The molecule has 0 aromatic rings. The van der Waals surface area contributed by atoms with Crippen LogP contribution in [0.25, 0.3) is 0 Å². The Kier molecular flexibility index (Phi) is 5.22. The van der Waals surface area contributed by atoms with Crippen LogP contribution in [0.2, 0.25) is 0 Å². The molecule has 0 spiro atoms. The van der Waals surface area contributed by atoms with E-state index in [1.54, 1.807) is 0 Å². The van der Waals surface area contributed by atoms with Crippen LogP contribution in [0.15, 0.2) is 0 Å². The van der Waals surface area contributed by atoms with Crippen LogP contribution in [-0.4, -0.2) is 19.5 Å². The largest absolute Gasteiger partial charge is 0.377 e. The summed E-state index contributed by atoms with van der Waals surface area (Å²) in [6.07, 6.45) is 1.68. The molecule has 0 aliphatic heterocycles. The number of ketones is 1. The fourth-order valence-corrected chi connectivity index (χ4v) is 0.752. The van der Waals surface area contributed by atoms with Gasteiger partial charge in [-0.1, -0.05) is 20.3 Å². The van der Waals surface area contributed by atoms with E-state index in [1.165, 1.54) is 7.11 Å². The standard InChI is InChI=1S/C8H15O2/c1-4-5-7(2)8(9)6-10-3/h7H,1,4-6H2,2-3H3. The lowest BCUT2D eigenvalue weighted by molar-refractivity contribution is -0.126. The van der Waals surface area contributed by atoms with Gasteiger partial charge < -0.3 is 4.74 Å². The minimum Gasteiger partial charge on any atom is -0.377 e. The van der Waals surface area contributed by atoms with E-state index in [9.17, 15) is 4.79 Å². The maximum atomic E-state index is 11.0. The highest BCUT2D eigenvalue weighted by Gasteiger charge is 2.10. The average Bonchev–Trinajstić information content (AvgIpc) is 1.89. The number of Topliss-reactive ketones (excluding diaryl/α,β-unsaturated/α-hetero) is 1. The molecule has 2 nitrogen and oxygen atoms in total. The average molecular weight is 143 g/mol. The first-order valence-electron chi connectivity index (χ1n) is 3.53. The third-order valence-electron chi connectivity index (χ3n) is 1.47. The first-order valence-corrected chi connectivity index (χ1v) is 3.53. The van der Waals surface area contributed by atoms with Crippen molar-refractivity contribution in [1.82, 2.24) is 0 Å². The van der Waals surface area contributed by atoms with Gasteiger partial charge in [0.15, 0.2) is 5.78 Å². The van der Waals surface area contributed by atoms with Crippen molar-refractivity contribution in [3.8, 4) is 0 Å². The van der Waals surface area contributed by atoms with E-state index in [2.05, 4.69) is 6.92 Å². The van der Waals surface area contributed by atoms with E-state index in [0.29, 0.717) is 0 Å². The zero-order valence-corrected chi connectivity index (χ0v) is 6.72. The molecule has 59 valence electrons. The first kappa shape index (κ1) is 9.63. The molecule has 0 heterocycles. The van der Waals surface area contributed by atoms with Gasteiger partial charge in [-0.3, -0.25) is 4.79 Å². The van der Waals surface area contributed by atoms with E-state index in [-0.39, 0.29) is 18.3 Å². The van der Waals surface area contributed by atoms with E-state index in [1.807, 2.05) is 6.92 Å². The Morgan fingerprint density at radius 2 is 2.30 bits per heavy atom. The maximum Gasteiger partial charge on any atom is 0.161 e. The summed E-state index contributed by atoms with van der Waals surface area (Å²) in [4.78, 5) is 11.0. The summed E-state index contributed by atoms with van der Waals surface area (Å²) < 4.78 is 4.70. The third-order valence-corrected chi connectivity index (χ3v) is 1.47. The van der Waals surface area contributed by atoms with Gasteiger partial charge in [0.05, 0.1) is 0 Å². The summed E-state index contributed by atoms with van der Waals surface area (Å²) in [5.74, 6) is 0.281. The van der Waals surface area contributed by atoms with Crippen molar-refractivity contribution in [1.29, 1.82) is 0 Å². The lowest BCUT2D eigenvalue weighted by Gasteiger charge is -2.06. The van der Waals surface area contributed by atoms with Gasteiger partial charge >= 0.3 is 0 Å². The summed E-state index contributed by atoms with van der Waals surface area (Å²) >= 11 is 0. The molecule has 10 heavy (non-hydrogen) atoms. The smallest absolute Gasteiger partial charge is 0.161 e. The monoisotopic (exact) mass is 143 g/mol. The van der Waals surface area contributed by atoms with Crippen LogP contribution in [0.1, 0.15) is 19.8 Å². The quantitative estimate of drug-likeness (QED) is 0.582. The summed E-state index contributed by atoms with van der Waals surface area (Å²) in [5, 5.41) is 0. The van der Waals surface area contributed by atoms with Crippen molar-refractivity contribution >= 4 is 5.78 Å². The minimum atomic E-state index is 0.109. The Bertz CT molecular complexity index is 99.4. The minimum absolute atomic E-state index is 0.109. The molecule has 0 aromatic carbocycles. The van der Waals surface area contributed by atoms with Crippen LogP contribution in [0, 0.1) is 12.8 Å². The molecule has 0 fully saturated rings. The molecule has 1 atom stereocenters. The van der Waals surface area contributed by atoms with Crippen molar-refractivity contribution in [2.45, 2.75) is 19.8 Å². The van der Waals surface area contributed by atoms with Crippen LogP contribution < -0.4 is 0 Å². The van der Waals surface area contributed by atoms with E-state index < -0.39 is 0 Å². The molecule has 0 aliphatic rings. The summed E-state index contributed by atoms with van der Waals surface area (Å²) in [6.45, 7) is 5.82. The van der Waals surface area contributed by atoms with Gasteiger partial charge in [-0.2, -0.15) is 0 Å². The highest BCUT2D eigenvalue weighted by molar-refractivity contribution is 5.81. The van der Waals surface area contributed by atoms with Crippen molar-refractivity contribution in [2.24, 2.45) is 5.92 Å². The number of carbonyl (C=O) groups is 1. The summed E-state index contributed by atoms with van der Waals surface area (Å²) in [7, 11) is 1.54. The number of methoxy groups -OCH3 is 1. The number of ether oxygens (including phenoxy) is 1. The zero-order valence-electron chi connectivity index (χ0n) is 6.72. The molecule has 1 radical (unpaired) electrons. The second-order valence-electron chi connectivity index (χ2n) is 2.44. The SMILES string of the molecule is [CH2]CCC(C)C(=O)COC. The molecule has 1 unspecified atom stereocenters. The van der Waals surface area contributed by atoms with Crippen molar-refractivity contribution in [2.75, 3.05) is 13.7 Å². The molecule has 0 saturated carbocycles. The second-order valence-corrected chi connectivity index (χ2v) is 2.44. The van der Waals surface area contributed by atoms with Crippen molar-refractivity contribution < 1.29 is 9.53 Å². The van der Waals surface area contributed by atoms with E-state index in [4.69, 9.17) is 4.74 Å². The molecule has 2 heteroatoms. The van der Waals surface area contributed by atoms with Crippen LogP contribution in [0.5, 0.6) is 0 Å². The van der Waals surface area contributed by atoms with Gasteiger partial charge in [-0.05, 0) is 6.42 Å². The maximum absolute atomic E-state index is 11.0. The van der Waals surface area contributed by atoms with Crippen molar-refractivity contribution in [3.05, 3.63) is 6.92 Å². The normalized spacial score (nSPS) is 13.1. The summed E-state index contributed by atoms with van der Waals surface area (Å²) in [5.41, 5.74) is 0. The molecular formula is C8H15O2. The Morgan fingerprint density at radius 1 is 1.70 bits per heavy atom. The molecule has 0 rings (SSSR count). The predicted octanol–water partition coefficient (Wildman–Crippen LogP) is 1.45. The number of rotatable bonds is 5. The summed E-state index contributed by atoms with van der Waals surface area (Å²) in [6, 6.07) is 0. The number of carbonyl (C=O) groups excluding carboxylic acids is 1. The molecule has 0 bridgehead atoms. The lowest BCUT2D eigenvalue weighted by atomic mass is 10.0. The second kappa shape index (κ2) is 5.42. The fraction of sp³-hybridized carbons (Fsp3) is 0.750. The number of hydrogen-bond acceptors (Lipinski definition) is 2. The van der Waals surface area contributed by atoms with Gasteiger partial charge in [0.1, 0.15) is 6.61 Å². The van der Waals surface area contributed by atoms with E-state index in [0.717, 1.165) is 12.8 Å². The lowest BCUT2D eigenvalue weighted by Crippen LogP contribution is -2.15. The molecular weight excluding hydrogens is 128 g/mol. The van der Waals surface area contributed by atoms with Gasteiger partial charge in [-0.25, -0.2) is 0 Å². The fourth-order valence-electron chi connectivity index (χ4n) is 0.752. The highest BCUT2D eigenvalue weighted by atomic mass is 16.5. The Hall–Kier alpha value is -0.370. The van der Waals surface area contributed by atoms with Crippen LogP contribution in [-0.2, 0) is 9.53 Å². The van der Waals surface area contributed by atoms with E-state index >= 15 is 0 Å². The predicted molar refractivity (Wildman–Crippen MR) is 40.6 cm³/mol. The van der Waals surface area contributed by atoms with Crippen LogP contribution >= 0.6 is 0 Å². The van der Waals surface area contributed by atoms with Gasteiger partial charge in [0, 0.05) is 13.0 Å². The van der Waals surface area contributed by atoms with Crippen molar-refractivity contribution in [3.63, 3.8) is 0 Å². The molecule has 0 amide bonds. The number of hydrogen-bond donors (Lipinski definition) is 0. The van der Waals surface area contributed by atoms with Gasteiger partial charge in [0.2, 0.25) is 0 Å². The third kappa shape index (κ3) is 3.62. The van der Waals surface area contributed by atoms with Gasteiger partial charge in [-0.15, -0.1) is 0 Å². The van der Waals surface area contributed by atoms with Gasteiger partial charge in [0.25, 0.3) is 0 Å².